The maximum atomic E-state index is 11.2. The first-order valence-corrected chi connectivity index (χ1v) is 3.82. The second kappa shape index (κ2) is 2.60. The van der Waals surface area contributed by atoms with E-state index >= 15 is 0 Å². The smallest absolute Gasteiger partial charge is 0.311 e. The molecule has 0 saturated heterocycles. The summed E-state index contributed by atoms with van der Waals surface area (Å²) in [7, 11) is 0. The zero-order valence-corrected chi connectivity index (χ0v) is 6.44. The van der Waals surface area contributed by atoms with Gasteiger partial charge < -0.3 is 10.3 Å². The topological polar surface area (TPSA) is 77.8 Å². The van der Waals surface area contributed by atoms with Crippen molar-refractivity contribution in [1.29, 1.82) is 0 Å². The zero-order valence-electron chi connectivity index (χ0n) is 6.44. The Hall–Kier alpha value is -1.36. The van der Waals surface area contributed by atoms with Crippen molar-refractivity contribution in [3.05, 3.63) is 32.1 Å². The number of rotatable bonds is 0. The van der Waals surface area contributed by atoms with E-state index in [4.69, 9.17) is 0 Å². The molecule has 5 heteroatoms. The van der Waals surface area contributed by atoms with Crippen LogP contribution in [0.15, 0.2) is 9.59 Å². The number of hydrogen-bond donors (Lipinski definition) is 3. The van der Waals surface area contributed by atoms with Crippen molar-refractivity contribution in [3.8, 4) is 0 Å². The first-order chi connectivity index (χ1) is 5.77. The maximum Gasteiger partial charge on any atom is 0.325 e. The molecule has 5 nitrogen and oxygen atoms in total. The SMILES string of the molecule is O=c1[nH]c2c(c(=O)[nH]1)CCNC2. The lowest BCUT2D eigenvalue weighted by Crippen LogP contribution is -2.35. The minimum atomic E-state index is -0.428. The number of aromatic amines is 2. The summed E-state index contributed by atoms with van der Waals surface area (Å²) in [5.41, 5.74) is 0.737. The van der Waals surface area contributed by atoms with Crippen molar-refractivity contribution in [2.24, 2.45) is 0 Å². The summed E-state index contributed by atoms with van der Waals surface area (Å²) in [5.74, 6) is 0. The van der Waals surface area contributed by atoms with Crippen molar-refractivity contribution >= 4 is 0 Å². The molecule has 0 spiro atoms. The molecular formula is C7H9N3O2. The van der Waals surface area contributed by atoms with Crippen LogP contribution < -0.4 is 16.6 Å². The van der Waals surface area contributed by atoms with Crippen molar-refractivity contribution in [2.45, 2.75) is 13.0 Å². The van der Waals surface area contributed by atoms with Gasteiger partial charge in [-0.3, -0.25) is 9.78 Å². The number of H-pyrrole nitrogens is 2. The second-order valence-electron chi connectivity index (χ2n) is 2.79. The van der Waals surface area contributed by atoms with Gasteiger partial charge >= 0.3 is 5.69 Å². The molecule has 0 aromatic carbocycles. The normalized spacial score (nSPS) is 15.7. The van der Waals surface area contributed by atoms with Gasteiger partial charge in [-0.05, 0) is 13.0 Å². The fourth-order valence-electron chi connectivity index (χ4n) is 1.40. The van der Waals surface area contributed by atoms with Gasteiger partial charge in [0.1, 0.15) is 0 Å². The van der Waals surface area contributed by atoms with E-state index in [1.54, 1.807) is 0 Å². The standard InChI is InChI=1S/C7H9N3O2/c11-6-4-1-2-8-3-5(4)9-7(12)10-6/h8H,1-3H2,(H2,9,10,11,12). The van der Waals surface area contributed by atoms with Crippen LogP contribution >= 0.6 is 0 Å². The van der Waals surface area contributed by atoms with Crippen LogP contribution in [0.1, 0.15) is 11.3 Å². The van der Waals surface area contributed by atoms with E-state index in [1.807, 2.05) is 0 Å². The Morgan fingerprint density at radius 1 is 1.17 bits per heavy atom. The summed E-state index contributed by atoms with van der Waals surface area (Å²) >= 11 is 0. The molecule has 0 radical (unpaired) electrons. The zero-order chi connectivity index (χ0) is 8.55. The highest BCUT2D eigenvalue weighted by Gasteiger charge is 2.12. The molecule has 0 atom stereocenters. The van der Waals surface area contributed by atoms with Crippen molar-refractivity contribution < 1.29 is 0 Å². The van der Waals surface area contributed by atoms with Crippen LogP contribution in [0.25, 0.3) is 0 Å². The van der Waals surface area contributed by atoms with E-state index in [0.29, 0.717) is 18.5 Å². The van der Waals surface area contributed by atoms with Gasteiger partial charge in [0.15, 0.2) is 0 Å². The first kappa shape index (κ1) is 7.30. The van der Waals surface area contributed by atoms with Crippen LogP contribution in [0.4, 0.5) is 0 Å². The Balaban J connectivity index is 2.68. The Kier molecular flexibility index (Phi) is 1.58. The molecule has 0 saturated carbocycles. The summed E-state index contributed by atoms with van der Waals surface area (Å²) in [6.45, 7) is 1.37. The van der Waals surface area contributed by atoms with Crippen molar-refractivity contribution in [2.75, 3.05) is 6.54 Å². The monoisotopic (exact) mass is 167 g/mol. The minimum absolute atomic E-state index is 0.254. The first-order valence-electron chi connectivity index (χ1n) is 3.82. The van der Waals surface area contributed by atoms with Crippen LogP contribution in [0, 0.1) is 0 Å². The van der Waals surface area contributed by atoms with E-state index in [1.165, 1.54) is 0 Å². The van der Waals surface area contributed by atoms with Gasteiger partial charge in [0, 0.05) is 17.8 Å². The molecule has 2 heterocycles. The van der Waals surface area contributed by atoms with E-state index in [-0.39, 0.29) is 5.56 Å². The highest BCUT2D eigenvalue weighted by Crippen LogP contribution is 2.02. The molecule has 0 aliphatic carbocycles. The van der Waals surface area contributed by atoms with E-state index in [0.717, 1.165) is 12.2 Å². The van der Waals surface area contributed by atoms with E-state index in [2.05, 4.69) is 15.3 Å². The van der Waals surface area contributed by atoms with Crippen LogP contribution in [-0.2, 0) is 13.0 Å². The fourth-order valence-corrected chi connectivity index (χ4v) is 1.40. The van der Waals surface area contributed by atoms with Gasteiger partial charge in [0.05, 0.1) is 0 Å². The number of aromatic nitrogens is 2. The van der Waals surface area contributed by atoms with E-state index < -0.39 is 5.69 Å². The Labute approximate surface area is 67.8 Å². The lowest BCUT2D eigenvalue weighted by molar-refractivity contribution is 0.614. The van der Waals surface area contributed by atoms with Crippen LogP contribution in [0.2, 0.25) is 0 Å². The third kappa shape index (κ3) is 1.08. The van der Waals surface area contributed by atoms with Gasteiger partial charge in [-0.2, -0.15) is 0 Å². The Bertz CT molecular complexity index is 404. The molecule has 1 aliphatic heterocycles. The molecule has 1 aromatic heterocycles. The average Bonchev–Trinajstić information content (AvgIpc) is 2.04. The molecule has 12 heavy (non-hydrogen) atoms. The number of fused-ring (bicyclic) bond motifs is 1. The second-order valence-corrected chi connectivity index (χ2v) is 2.79. The summed E-state index contributed by atoms with van der Waals surface area (Å²) < 4.78 is 0. The van der Waals surface area contributed by atoms with Crippen LogP contribution in [0.3, 0.4) is 0 Å². The Morgan fingerprint density at radius 3 is 2.83 bits per heavy atom. The summed E-state index contributed by atoms with van der Waals surface area (Å²) in [4.78, 5) is 26.8. The molecular weight excluding hydrogens is 158 g/mol. The van der Waals surface area contributed by atoms with Crippen molar-refractivity contribution in [3.63, 3.8) is 0 Å². The highest BCUT2D eigenvalue weighted by molar-refractivity contribution is 5.18. The predicted octanol–water partition coefficient (Wildman–Crippen LogP) is -1.29. The fraction of sp³-hybridized carbons (Fsp3) is 0.429. The third-order valence-electron chi connectivity index (χ3n) is 1.98. The molecule has 0 amide bonds. The van der Waals surface area contributed by atoms with Gasteiger partial charge in [-0.1, -0.05) is 0 Å². The lowest BCUT2D eigenvalue weighted by Gasteiger charge is -2.14. The van der Waals surface area contributed by atoms with E-state index in [9.17, 15) is 9.59 Å². The molecule has 64 valence electrons. The van der Waals surface area contributed by atoms with Gasteiger partial charge in [-0.15, -0.1) is 0 Å². The molecule has 0 fully saturated rings. The van der Waals surface area contributed by atoms with Crippen LogP contribution in [0.5, 0.6) is 0 Å². The summed E-state index contributed by atoms with van der Waals surface area (Å²) in [5, 5.41) is 3.07. The largest absolute Gasteiger partial charge is 0.325 e. The number of nitrogens with one attached hydrogen (secondary N) is 3. The average molecular weight is 167 g/mol. The van der Waals surface area contributed by atoms with Gasteiger partial charge in [0.25, 0.3) is 5.56 Å². The lowest BCUT2D eigenvalue weighted by atomic mass is 10.1. The van der Waals surface area contributed by atoms with Gasteiger partial charge in [0.2, 0.25) is 0 Å². The summed E-state index contributed by atoms with van der Waals surface area (Å²) in [6.07, 6.45) is 0.682. The highest BCUT2D eigenvalue weighted by atomic mass is 16.2. The number of hydrogen-bond acceptors (Lipinski definition) is 3. The third-order valence-corrected chi connectivity index (χ3v) is 1.98. The minimum Gasteiger partial charge on any atom is -0.311 e. The molecule has 0 unspecified atom stereocenters. The quantitative estimate of drug-likeness (QED) is 0.450. The molecule has 0 bridgehead atoms. The Morgan fingerprint density at radius 2 is 2.00 bits per heavy atom. The van der Waals surface area contributed by atoms with Gasteiger partial charge in [-0.25, -0.2) is 4.79 Å². The van der Waals surface area contributed by atoms with Crippen molar-refractivity contribution in [1.82, 2.24) is 15.3 Å². The summed E-state index contributed by atoms with van der Waals surface area (Å²) in [6, 6.07) is 0. The molecule has 1 aliphatic rings. The molecule has 2 rings (SSSR count). The predicted molar refractivity (Wildman–Crippen MR) is 43.1 cm³/mol. The molecule has 3 N–H and O–H groups in total. The molecule has 1 aromatic rings. The van der Waals surface area contributed by atoms with Crippen LogP contribution in [-0.4, -0.2) is 16.5 Å². The maximum absolute atomic E-state index is 11.2.